The highest BCUT2D eigenvalue weighted by Gasteiger charge is 2.14. The van der Waals surface area contributed by atoms with Crippen molar-refractivity contribution < 1.29 is 9.84 Å². The average molecular weight is 320 g/mol. The standard InChI is InChI=1S/C18H22ClNO2/c1-3-22-17-10-6-14(7-11-17)13(2)20-18(12-21)15-4-8-16(19)9-5-15/h4-11,13,18,20-21H,3,12H2,1-2H3. The lowest BCUT2D eigenvalue weighted by molar-refractivity contribution is 0.235. The molecule has 0 radical (unpaired) electrons. The van der Waals surface area contributed by atoms with Crippen molar-refractivity contribution in [2.24, 2.45) is 0 Å². The molecule has 0 spiro atoms. The van der Waals surface area contributed by atoms with E-state index in [1.54, 1.807) is 0 Å². The first-order valence-electron chi connectivity index (χ1n) is 7.49. The normalized spacial score (nSPS) is 13.6. The second-order valence-electron chi connectivity index (χ2n) is 5.18. The van der Waals surface area contributed by atoms with Gasteiger partial charge in [-0.3, -0.25) is 0 Å². The van der Waals surface area contributed by atoms with Crippen molar-refractivity contribution in [1.82, 2.24) is 5.32 Å². The van der Waals surface area contributed by atoms with Crippen LogP contribution >= 0.6 is 11.6 Å². The van der Waals surface area contributed by atoms with Crippen LogP contribution in [0.2, 0.25) is 5.02 Å². The van der Waals surface area contributed by atoms with Crippen molar-refractivity contribution >= 4 is 11.6 Å². The molecule has 0 heterocycles. The Labute approximate surface area is 136 Å². The molecule has 2 rings (SSSR count). The molecule has 2 atom stereocenters. The van der Waals surface area contributed by atoms with Gasteiger partial charge in [-0.05, 0) is 49.2 Å². The summed E-state index contributed by atoms with van der Waals surface area (Å²) in [4.78, 5) is 0. The summed E-state index contributed by atoms with van der Waals surface area (Å²) < 4.78 is 5.45. The quantitative estimate of drug-likeness (QED) is 0.806. The maximum atomic E-state index is 9.64. The van der Waals surface area contributed by atoms with E-state index in [4.69, 9.17) is 16.3 Å². The van der Waals surface area contributed by atoms with Gasteiger partial charge in [0.25, 0.3) is 0 Å². The molecular weight excluding hydrogens is 298 g/mol. The van der Waals surface area contributed by atoms with Gasteiger partial charge >= 0.3 is 0 Å². The first kappa shape index (κ1) is 16.8. The molecule has 4 heteroatoms. The lowest BCUT2D eigenvalue weighted by atomic mass is 10.0. The van der Waals surface area contributed by atoms with E-state index in [1.807, 2.05) is 55.5 Å². The van der Waals surface area contributed by atoms with Crippen molar-refractivity contribution in [2.45, 2.75) is 25.9 Å². The fourth-order valence-electron chi connectivity index (χ4n) is 2.37. The van der Waals surface area contributed by atoms with Gasteiger partial charge in [0, 0.05) is 11.1 Å². The summed E-state index contributed by atoms with van der Waals surface area (Å²) in [5.74, 6) is 0.870. The zero-order chi connectivity index (χ0) is 15.9. The Morgan fingerprint density at radius 1 is 1.05 bits per heavy atom. The average Bonchev–Trinajstić information content (AvgIpc) is 2.54. The highest BCUT2D eigenvalue weighted by Crippen LogP contribution is 2.22. The first-order valence-corrected chi connectivity index (χ1v) is 7.87. The number of ether oxygens (including phenoxy) is 1. The van der Waals surface area contributed by atoms with E-state index in [0.29, 0.717) is 11.6 Å². The SMILES string of the molecule is CCOc1ccc(C(C)NC(CO)c2ccc(Cl)cc2)cc1. The van der Waals surface area contributed by atoms with E-state index in [2.05, 4.69) is 12.2 Å². The summed E-state index contributed by atoms with van der Waals surface area (Å²) >= 11 is 5.91. The van der Waals surface area contributed by atoms with Crippen molar-refractivity contribution in [3.05, 3.63) is 64.7 Å². The molecule has 2 aromatic rings. The Kier molecular flexibility index (Phi) is 6.25. The molecule has 22 heavy (non-hydrogen) atoms. The lowest BCUT2D eigenvalue weighted by Crippen LogP contribution is -2.27. The van der Waals surface area contributed by atoms with Gasteiger partial charge in [0.2, 0.25) is 0 Å². The second-order valence-corrected chi connectivity index (χ2v) is 5.61. The molecule has 0 aliphatic heterocycles. The Balaban J connectivity index is 2.05. The van der Waals surface area contributed by atoms with E-state index in [9.17, 15) is 5.11 Å². The predicted octanol–water partition coefficient (Wildman–Crippen LogP) is 4.12. The molecule has 0 bridgehead atoms. The zero-order valence-electron chi connectivity index (χ0n) is 12.9. The van der Waals surface area contributed by atoms with Crippen LogP contribution in [0.1, 0.15) is 37.1 Å². The Hall–Kier alpha value is -1.55. The van der Waals surface area contributed by atoms with Gasteiger partial charge in [0.05, 0.1) is 19.3 Å². The maximum Gasteiger partial charge on any atom is 0.119 e. The smallest absolute Gasteiger partial charge is 0.119 e. The largest absolute Gasteiger partial charge is 0.494 e. The summed E-state index contributed by atoms with van der Waals surface area (Å²) in [6, 6.07) is 15.5. The number of nitrogens with one attached hydrogen (secondary N) is 1. The number of hydrogen-bond acceptors (Lipinski definition) is 3. The van der Waals surface area contributed by atoms with Crippen LogP contribution in [-0.2, 0) is 0 Å². The first-order chi connectivity index (χ1) is 10.6. The molecule has 2 N–H and O–H groups in total. The third-order valence-corrected chi connectivity index (χ3v) is 3.85. The van der Waals surface area contributed by atoms with Crippen LogP contribution in [0.4, 0.5) is 0 Å². The molecule has 0 saturated carbocycles. The van der Waals surface area contributed by atoms with Crippen molar-refractivity contribution in [3.8, 4) is 5.75 Å². The molecule has 0 fully saturated rings. The van der Waals surface area contributed by atoms with Crippen LogP contribution in [0, 0.1) is 0 Å². The van der Waals surface area contributed by atoms with Crippen LogP contribution in [0.15, 0.2) is 48.5 Å². The van der Waals surface area contributed by atoms with Crippen molar-refractivity contribution in [1.29, 1.82) is 0 Å². The number of hydrogen-bond donors (Lipinski definition) is 2. The summed E-state index contributed by atoms with van der Waals surface area (Å²) in [5, 5.41) is 13.8. The molecule has 2 aromatic carbocycles. The number of benzene rings is 2. The van der Waals surface area contributed by atoms with Gasteiger partial charge in [-0.25, -0.2) is 0 Å². The molecule has 2 unspecified atom stereocenters. The summed E-state index contributed by atoms with van der Waals surface area (Å²) in [6.45, 7) is 4.74. The van der Waals surface area contributed by atoms with Crippen molar-refractivity contribution in [2.75, 3.05) is 13.2 Å². The van der Waals surface area contributed by atoms with Crippen LogP contribution in [0.5, 0.6) is 5.75 Å². The van der Waals surface area contributed by atoms with Gasteiger partial charge in [-0.2, -0.15) is 0 Å². The Bertz CT molecular complexity index is 569. The maximum absolute atomic E-state index is 9.64. The van der Waals surface area contributed by atoms with E-state index in [1.165, 1.54) is 0 Å². The summed E-state index contributed by atoms with van der Waals surface area (Å²) in [7, 11) is 0. The predicted molar refractivity (Wildman–Crippen MR) is 90.4 cm³/mol. The third-order valence-electron chi connectivity index (χ3n) is 3.60. The third kappa shape index (κ3) is 4.47. The summed E-state index contributed by atoms with van der Waals surface area (Å²) in [6.07, 6.45) is 0. The molecule has 0 aromatic heterocycles. The minimum atomic E-state index is -0.126. The fourth-order valence-corrected chi connectivity index (χ4v) is 2.49. The van der Waals surface area contributed by atoms with Gasteiger partial charge in [0.1, 0.15) is 5.75 Å². The molecule has 0 amide bonds. The van der Waals surface area contributed by atoms with E-state index in [-0.39, 0.29) is 18.7 Å². The van der Waals surface area contributed by atoms with Crippen LogP contribution in [-0.4, -0.2) is 18.3 Å². The zero-order valence-corrected chi connectivity index (χ0v) is 13.7. The van der Waals surface area contributed by atoms with Crippen molar-refractivity contribution in [3.63, 3.8) is 0 Å². The number of rotatable bonds is 7. The van der Waals surface area contributed by atoms with Crippen LogP contribution in [0.3, 0.4) is 0 Å². The molecule has 118 valence electrons. The molecule has 3 nitrogen and oxygen atoms in total. The highest BCUT2D eigenvalue weighted by molar-refractivity contribution is 6.30. The lowest BCUT2D eigenvalue weighted by Gasteiger charge is -2.22. The van der Waals surface area contributed by atoms with Crippen LogP contribution < -0.4 is 10.1 Å². The van der Waals surface area contributed by atoms with E-state index < -0.39 is 0 Å². The molecular formula is C18H22ClNO2. The monoisotopic (exact) mass is 319 g/mol. The van der Waals surface area contributed by atoms with E-state index >= 15 is 0 Å². The van der Waals surface area contributed by atoms with Gasteiger partial charge < -0.3 is 15.2 Å². The van der Waals surface area contributed by atoms with Gasteiger partial charge in [-0.15, -0.1) is 0 Å². The fraction of sp³-hybridized carbons (Fsp3) is 0.333. The minimum Gasteiger partial charge on any atom is -0.494 e. The van der Waals surface area contributed by atoms with E-state index in [0.717, 1.165) is 16.9 Å². The number of halogens is 1. The topological polar surface area (TPSA) is 41.5 Å². The molecule has 0 saturated heterocycles. The van der Waals surface area contributed by atoms with Crippen LogP contribution in [0.25, 0.3) is 0 Å². The van der Waals surface area contributed by atoms with Gasteiger partial charge in [0.15, 0.2) is 0 Å². The number of aliphatic hydroxyl groups is 1. The summed E-state index contributed by atoms with van der Waals surface area (Å²) in [5.41, 5.74) is 2.17. The van der Waals surface area contributed by atoms with Gasteiger partial charge in [-0.1, -0.05) is 35.9 Å². The highest BCUT2D eigenvalue weighted by atomic mass is 35.5. The molecule has 0 aliphatic rings. The molecule has 0 aliphatic carbocycles. The minimum absolute atomic E-state index is 0.0308. The Morgan fingerprint density at radius 3 is 2.18 bits per heavy atom. The number of aliphatic hydroxyl groups excluding tert-OH is 1. The Morgan fingerprint density at radius 2 is 1.64 bits per heavy atom. The second kappa shape index (κ2) is 8.18.